The lowest BCUT2D eigenvalue weighted by Crippen LogP contribution is -2.74. The molecule has 5 heterocycles. The Morgan fingerprint density at radius 1 is 0.959 bits per heavy atom. The fraction of sp³-hybridized carbons (Fsp3) is 0.446. The summed E-state index contributed by atoms with van der Waals surface area (Å²) < 4.78 is 12.9. The van der Waals surface area contributed by atoms with E-state index in [0.717, 1.165) is 59.3 Å². The van der Waals surface area contributed by atoms with Crippen molar-refractivity contribution in [2.45, 2.75) is 98.6 Å². The van der Waals surface area contributed by atoms with Crippen molar-refractivity contribution < 1.29 is 28.7 Å². The highest BCUT2D eigenvalue weighted by Gasteiger charge is 2.64. The number of ether oxygens (including phenoxy) is 2. The van der Waals surface area contributed by atoms with Crippen molar-refractivity contribution in [3.63, 3.8) is 0 Å². The number of hydrogen-bond donors (Lipinski definition) is 2. The Kier molecular flexibility index (Phi) is 14.9. The highest BCUT2D eigenvalue weighted by molar-refractivity contribution is 7.13. The molecule has 73 heavy (non-hydrogen) atoms. The second-order valence-corrected chi connectivity index (χ2v) is 22.4. The summed E-state index contributed by atoms with van der Waals surface area (Å²) in [6.07, 6.45) is 2.68. The topological polar surface area (TPSA) is 173 Å². The average Bonchev–Trinajstić information content (AvgIpc) is 4.13. The van der Waals surface area contributed by atoms with Crippen molar-refractivity contribution in [3.8, 4) is 28.0 Å². The number of halogens is 1. The van der Waals surface area contributed by atoms with Gasteiger partial charge in [0.15, 0.2) is 0 Å². The summed E-state index contributed by atoms with van der Waals surface area (Å²) in [6, 6.07) is 22.9. The van der Waals surface area contributed by atoms with Crippen molar-refractivity contribution in [3.05, 3.63) is 123 Å². The van der Waals surface area contributed by atoms with Crippen LogP contribution in [0.5, 0.6) is 11.5 Å². The Labute approximate surface area is 436 Å². The number of rotatable bonds is 16. The summed E-state index contributed by atoms with van der Waals surface area (Å²) in [7, 11) is 0. The molecule has 382 valence electrons. The molecule has 0 unspecified atom stereocenters. The molecule has 5 aromatic rings. The van der Waals surface area contributed by atoms with Gasteiger partial charge in [-0.15, -0.1) is 11.3 Å². The third kappa shape index (κ3) is 10.4. The molecule has 4 aliphatic rings. The van der Waals surface area contributed by atoms with Gasteiger partial charge >= 0.3 is 0 Å². The van der Waals surface area contributed by atoms with Crippen molar-refractivity contribution >= 4 is 52.4 Å². The first kappa shape index (κ1) is 51.4. The van der Waals surface area contributed by atoms with Gasteiger partial charge in [-0.3, -0.25) is 24.1 Å². The number of nitriles is 1. The van der Waals surface area contributed by atoms with Crippen LogP contribution >= 0.6 is 22.9 Å². The maximum atomic E-state index is 14.3. The van der Waals surface area contributed by atoms with Crippen LogP contribution in [0, 0.1) is 35.0 Å². The molecule has 2 aromatic heterocycles. The summed E-state index contributed by atoms with van der Waals surface area (Å²) in [5, 5.41) is 16.0. The van der Waals surface area contributed by atoms with Gasteiger partial charge in [0.05, 0.1) is 32.2 Å². The number of likely N-dealkylation sites (tertiary alicyclic amines) is 1. The lowest BCUT2D eigenvalue weighted by molar-refractivity contribution is -0.164. The standard InChI is InChI=1S/C56H64ClN9O6S/c1-34(2)47(66-32-40-11-8-9-12-42(40)51(66)69)52(70)65-20-10-13-44(65)50(68)60-30-38-15-14-36(48-35(3)61-33-73-48)27-45(38)71-26-25-63-21-23-64(24-22-63)46-19-17-39(31-59-46)49(67)62-53-55(4,5)54(56(53,6)7)72-41-18-16-37(29-58)43(57)28-41/h8-9,11-12,14-19,27-28,31,33-34,44,47,53-54H,10,13,20-26,30,32H2,1-7H3,(H,60,68)(H,62,67)/t44-,47-,53?,54?/m0/s1. The maximum absolute atomic E-state index is 14.3. The number of aromatic nitrogens is 2. The second kappa shape index (κ2) is 21.1. The first-order chi connectivity index (χ1) is 35.0. The molecule has 3 aliphatic heterocycles. The molecular weight excluding hydrogens is 962 g/mol. The van der Waals surface area contributed by atoms with E-state index < -0.39 is 22.9 Å². The number of nitrogens with zero attached hydrogens (tertiary/aromatic N) is 7. The molecule has 0 spiro atoms. The van der Waals surface area contributed by atoms with Crippen LogP contribution in [-0.4, -0.2) is 118 Å². The zero-order valence-electron chi connectivity index (χ0n) is 42.6. The number of fused-ring (bicyclic) bond motifs is 1. The van der Waals surface area contributed by atoms with Gasteiger partial charge in [-0.2, -0.15) is 5.26 Å². The molecule has 2 atom stereocenters. The van der Waals surface area contributed by atoms with E-state index in [4.69, 9.17) is 26.1 Å². The van der Waals surface area contributed by atoms with Crippen LogP contribution in [0.3, 0.4) is 0 Å². The minimum atomic E-state index is -0.678. The molecule has 0 bridgehead atoms. The van der Waals surface area contributed by atoms with E-state index in [1.165, 1.54) is 0 Å². The summed E-state index contributed by atoms with van der Waals surface area (Å²) in [4.78, 5) is 73.5. The molecule has 2 saturated heterocycles. The minimum absolute atomic E-state index is 0.142. The zero-order chi connectivity index (χ0) is 51.8. The van der Waals surface area contributed by atoms with Crippen LogP contribution < -0.4 is 25.0 Å². The van der Waals surface area contributed by atoms with Gasteiger partial charge in [0.2, 0.25) is 11.8 Å². The average molecular weight is 1030 g/mol. The van der Waals surface area contributed by atoms with Crippen LogP contribution in [0.1, 0.15) is 97.5 Å². The summed E-state index contributed by atoms with van der Waals surface area (Å²) >= 11 is 7.85. The summed E-state index contributed by atoms with van der Waals surface area (Å²) in [6.45, 7) is 19.5. The van der Waals surface area contributed by atoms with Gasteiger partial charge in [-0.05, 0) is 73.2 Å². The first-order valence-corrected chi connectivity index (χ1v) is 26.5. The SMILES string of the molecule is Cc1ncsc1-c1ccc(CNC(=O)[C@@H]2CCCN2C(=O)[C@H](C(C)C)N2Cc3ccccc3C2=O)c(OCCN2CCN(c3ccc(C(=O)NC4C(C)(C)C(Oc5ccc(C#N)c(Cl)c5)C4(C)C)cn3)CC2)c1. The molecule has 0 radical (unpaired) electrons. The molecule has 9 rings (SSSR count). The van der Waals surface area contributed by atoms with Crippen molar-refractivity contribution in [2.75, 3.05) is 50.8 Å². The fourth-order valence-electron chi connectivity index (χ4n) is 11.6. The van der Waals surface area contributed by atoms with Gasteiger partial charge in [-0.1, -0.05) is 83.5 Å². The molecule has 1 saturated carbocycles. The normalized spacial score (nSPS) is 20.5. The van der Waals surface area contributed by atoms with Gasteiger partial charge in [-0.25, -0.2) is 9.97 Å². The molecule has 1 aliphatic carbocycles. The minimum Gasteiger partial charge on any atom is -0.492 e. The van der Waals surface area contributed by atoms with Crippen LogP contribution in [0.4, 0.5) is 5.82 Å². The summed E-state index contributed by atoms with van der Waals surface area (Å²) in [5.74, 6) is 1.17. The monoisotopic (exact) mass is 1030 g/mol. The largest absolute Gasteiger partial charge is 0.492 e. The van der Waals surface area contributed by atoms with E-state index in [9.17, 15) is 24.4 Å². The smallest absolute Gasteiger partial charge is 0.255 e. The lowest BCUT2D eigenvalue weighted by atomic mass is 9.49. The lowest BCUT2D eigenvalue weighted by Gasteiger charge is -2.63. The Balaban J connectivity index is 0.774. The Morgan fingerprint density at radius 3 is 2.40 bits per heavy atom. The van der Waals surface area contributed by atoms with Crippen LogP contribution in [0.15, 0.2) is 84.5 Å². The third-order valence-electron chi connectivity index (χ3n) is 15.2. The number of nitrogens with one attached hydrogen (secondary N) is 2. The molecule has 17 heteroatoms. The van der Waals surface area contributed by atoms with Gasteiger partial charge in [0.25, 0.3) is 11.8 Å². The number of benzene rings is 3. The van der Waals surface area contributed by atoms with E-state index in [1.54, 1.807) is 45.5 Å². The zero-order valence-corrected chi connectivity index (χ0v) is 44.2. The Morgan fingerprint density at radius 2 is 1.73 bits per heavy atom. The quantitative estimate of drug-likeness (QED) is 0.0977. The number of anilines is 1. The van der Waals surface area contributed by atoms with Gasteiger partial charge < -0.3 is 34.8 Å². The number of aryl methyl sites for hydroxylation is 1. The molecule has 4 amide bonds. The van der Waals surface area contributed by atoms with E-state index in [0.29, 0.717) is 72.3 Å². The molecule has 2 N–H and O–H groups in total. The molecule has 3 fully saturated rings. The number of pyridine rings is 1. The van der Waals surface area contributed by atoms with Gasteiger partial charge in [0, 0.05) is 92.6 Å². The maximum Gasteiger partial charge on any atom is 0.255 e. The van der Waals surface area contributed by atoms with Crippen LogP contribution in [-0.2, 0) is 22.7 Å². The van der Waals surface area contributed by atoms with E-state index in [1.807, 2.05) is 80.9 Å². The number of hydrogen-bond acceptors (Lipinski definition) is 12. The molecule has 3 aromatic carbocycles. The third-order valence-corrected chi connectivity index (χ3v) is 16.5. The van der Waals surface area contributed by atoms with Crippen molar-refractivity contribution in [2.24, 2.45) is 16.7 Å². The highest BCUT2D eigenvalue weighted by Crippen LogP contribution is 2.55. The Bertz CT molecular complexity index is 2910. The number of carbonyl (C=O) groups is 4. The van der Waals surface area contributed by atoms with Crippen molar-refractivity contribution in [1.82, 2.24) is 35.3 Å². The predicted octanol–water partition coefficient (Wildman–Crippen LogP) is 8.14. The van der Waals surface area contributed by atoms with E-state index in [2.05, 4.69) is 59.2 Å². The highest BCUT2D eigenvalue weighted by atomic mass is 35.5. The predicted molar refractivity (Wildman–Crippen MR) is 282 cm³/mol. The van der Waals surface area contributed by atoms with Crippen LogP contribution in [0.25, 0.3) is 10.4 Å². The van der Waals surface area contributed by atoms with E-state index in [-0.39, 0.29) is 48.2 Å². The van der Waals surface area contributed by atoms with Crippen LogP contribution in [0.2, 0.25) is 5.02 Å². The van der Waals surface area contributed by atoms with Crippen molar-refractivity contribution in [1.29, 1.82) is 5.26 Å². The van der Waals surface area contributed by atoms with Gasteiger partial charge in [0.1, 0.15) is 48.2 Å². The number of piperazine rings is 1. The number of amides is 4. The second-order valence-electron chi connectivity index (χ2n) is 21.2. The van der Waals surface area contributed by atoms with E-state index >= 15 is 0 Å². The Hall–Kier alpha value is -6.54. The molecular formula is C56H64ClN9O6S. The fourth-order valence-corrected chi connectivity index (χ4v) is 12.6. The number of thiazole rings is 1. The summed E-state index contributed by atoms with van der Waals surface area (Å²) in [5.41, 5.74) is 6.20. The molecule has 15 nitrogen and oxygen atoms in total. The first-order valence-electron chi connectivity index (χ1n) is 25.2. The number of carbonyl (C=O) groups excluding carboxylic acids is 4.